The zero-order valence-electron chi connectivity index (χ0n) is 8.74. The van der Waals surface area contributed by atoms with E-state index in [0.717, 1.165) is 11.4 Å². The molecule has 0 saturated heterocycles. The maximum Gasteiger partial charge on any atom is 0.0652 e. The number of hydrogen-bond donors (Lipinski definition) is 1. The van der Waals surface area contributed by atoms with Gasteiger partial charge in [0.25, 0.3) is 0 Å². The molecule has 0 spiro atoms. The highest BCUT2D eigenvalue weighted by Gasteiger charge is 2.02. The second-order valence-corrected chi connectivity index (χ2v) is 4.27. The number of aromatic nitrogens is 2. The highest BCUT2D eigenvalue weighted by molar-refractivity contribution is 6.36. The number of benzene rings is 1. The Morgan fingerprint density at radius 3 is 2.75 bits per heavy atom. The number of nitrogens with one attached hydrogen (secondary N) is 1. The van der Waals surface area contributed by atoms with Crippen LogP contribution in [0.5, 0.6) is 0 Å². The molecular formula is C11H11Cl2N3. The minimum atomic E-state index is 0.620. The van der Waals surface area contributed by atoms with Crippen molar-refractivity contribution in [3.05, 3.63) is 46.2 Å². The summed E-state index contributed by atoms with van der Waals surface area (Å²) in [6, 6.07) is 7.34. The highest BCUT2D eigenvalue weighted by atomic mass is 35.5. The van der Waals surface area contributed by atoms with Gasteiger partial charge in [-0.3, -0.25) is 4.68 Å². The van der Waals surface area contributed by atoms with Crippen LogP contribution < -0.4 is 5.32 Å². The monoisotopic (exact) mass is 255 g/mol. The van der Waals surface area contributed by atoms with Crippen molar-refractivity contribution in [1.82, 2.24) is 9.78 Å². The van der Waals surface area contributed by atoms with Crippen molar-refractivity contribution < 1.29 is 0 Å². The standard InChI is InChI=1S/C11H11Cl2N3/c1-16-9(4-5-15-16)7-14-11-3-2-8(12)6-10(11)13/h2-6,14H,7H2,1H3. The summed E-state index contributed by atoms with van der Waals surface area (Å²) >= 11 is 11.9. The lowest BCUT2D eigenvalue weighted by atomic mass is 10.3. The van der Waals surface area contributed by atoms with Crippen LogP contribution in [0.25, 0.3) is 0 Å². The second-order valence-electron chi connectivity index (χ2n) is 3.42. The van der Waals surface area contributed by atoms with Gasteiger partial charge in [0, 0.05) is 18.3 Å². The van der Waals surface area contributed by atoms with E-state index in [9.17, 15) is 0 Å². The molecule has 0 saturated carbocycles. The molecule has 1 heterocycles. The fourth-order valence-electron chi connectivity index (χ4n) is 1.39. The number of rotatable bonds is 3. The molecule has 0 aliphatic rings. The van der Waals surface area contributed by atoms with Crippen molar-refractivity contribution in [3.63, 3.8) is 0 Å². The third-order valence-electron chi connectivity index (χ3n) is 2.31. The Balaban J connectivity index is 2.08. The predicted octanol–water partition coefficient (Wildman–Crippen LogP) is 3.34. The lowest BCUT2D eigenvalue weighted by Crippen LogP contribution is -2.05. The molecule has 2 rings (SSSR count). The van der Waals surface area contributed by atoms with Crippen molar-refractivity contribution in [2.75, 3.05) is 5.32 Å². The van der Waals surface area contributed by atoms with E-state index in [1.807, 2.05) is 23.9 Å². The molecule has 0 aliphatic carbocycles. The van der Waals surface area contributed by atoms with Crippen LogP contribution in [0.2, 0.25) is 10.0 Å². The normalized spacial score (nSPS) is 10.4. The first-order valence-electron chi connectivity index (χ1n) is 4.82. The van der Waals surface area contributed by atoms with Crippen molar-refractivity contribution in [3.8, 4) is 0 Å². The van der Waals surface area contributed by atoms with Crippen LogP contribution in [0, 0.1) is 0 Å². The molecule has 1 N–H and O–H groups in total. The minimum absolute atomic E-state index is 0.620. The fraction of sp³-hybridized carbons (Fsp3) is 0.182. The van der Waals surface area contributed by atoms with Gasteiger partial charge in [-0.15, -0.1) is 0 Å². The first-order valence-corrected chi connectivity index (χ1v) is 5.58. The molecule has 0 radical (unpaired) electrons. The van der Waals surface area contributed by atoms with Crippen molar-refractivity contribution in [1.29, 1.82) is 0 Å². The van der Waals surface area contributed by atoms with E-state index >= 15 is 0 Å². The van der Waals surface area contributed by atoms with Gasteiger partial charge in [-0.1, -0.05) is 23.2 Å². The first kappa shape index (κ1) is 11.3. The van der Waals surface area contributed by atoms with E-state index < -0.39 is 0 Å². The molecule has 0 unspecified atom stereocenters. The largest absolute Gasteiger partial charge is 0.378 e. The molecule has 0 amide bonds. The Labute approximate surface area is 104 Å². The van der Waals surface area contributed by atoms with Gasteiger partial charge in [0.05, 0.1) is 22.9 Å². The van der Waals surface area contributed by atoms with Crippen LogP contribution in [0.3, 0.4) is 0 Å². The summed E-state index contributed by atoms with van der Waals surface area (Å²) in [6.45, 7) is 0.678. The van der Waals surface area contributed by atoms with Gasteiger partial charge >= 0.3 is 0 Å². The number of hydrogen-bond acceptors (Lipinski definition) is 2. The average Bonchev–Trinajstić information content (AvgIpc) is 2.63. The molecule has 2 aromatic rings. The van der Waals surface area contributed by atoms with Crippen LogP contribution in [-0.4, -0.2) is 9.78 Å². The number of nitrogens with zero attached hydrogens (tertiary/aromatic N) is 2. The van der Waals surface area contributed by atoms with Gasteiger partial charge in [-0.25, -0.2) is 0 Å². The third-order valence-corrected chi connectivity index (χ3v) is 2.86. The van der Waals surface area contributed by atoms with E-state index in [4.69, 9.17) is 23.2 Å². The van der Waals surface area contributed by atoms with Gasteiger partial charge in [0.15, 0.2) is 0 Å². The van der Waals surface area contributed by atoms with Crippen LogP contribution in [0.15, 0.2) is 30.5 Å². The van der Waals surface area contributed by atoms with Crippen molar-refractivity contribution in [2.45, 2.75) is 6.54 Å². The van der Waals surface area contributed by atoms with E-state index in [1.54, 1.807) is 18.3 Å². The number of anilines is 1. The third kappa shape index (κ3) is 2.49. The van der Waals surface area contributed by atoms with Crippen LogP contribution in [0.4, 0.5) is 5.69 Å². The number of halogens is 2. The van der Waals surface area contributed by atoms with E-state index in [2.05, 4.69) is 10.4 Å². The Morgan fingerprint density at radius 1 is 1.31 bits per heavy atom. The molecule has 0 atom stereocenters. The maximum absolute atomic E-state index is 6.04. The summed E-state index contributed by atoms with van der Waals surface area (Å²) in [7, 11) is 1.90. The zero-order valence-corrected chi connectivity index (χ0v) is 10.3. The summed E-state index contributed by atoms with van der Waals surface area (Å²) in [4.78, 5) is 0. The predicted molar refractivity (Wildman–Crippen MR) is 67.0 cm³/mol. The van der Waals surface area contributed by atoms with Crippen molar-refractivity contribution in [2.24, 2.45) is 7.05 Å². The summed E-state index contributed by atoms with van der Waals surface area (Å²) in [5, 5.41) is 8.58. The molecular weight excluding hydrogens is 245 g/mol. The van der Waals surface area contributed by atoms with Crippen LogP contribution >= 0.6 is 23.2 Å². The molecule has 16 heavy (non-hydrogen) atoms. The van der Waals surface area contributed by atoms with E-state index in [1.165, 1.54) is 0 Å². The van der Waals surface area contributed by atoms with E-state index in [0.29, 0.717) is 16.6 Å². The van der Waals surface area contributed by atoms with Crippen molar-refractivity contribution >= 4 is 28.9 Å². The van der Waals surface area contributed by atoms with Crippen LogP contribution in [-0.2, 0) is 13.6 Å². The summed E-state index contributed by atoms with van der Waals surface area (Å²) < 4.78 is 1.82. The smallest absolute Gasteiger partial charge is 0.0652 e. The van der Waals surface area contributed by atoms with Gasteiger partial charge in [-0.2, -0.15) is 5.10 Å². The molecule has 0 aliphatic heterocycles. The fourth-order valence-corrected chi connectivity index (χ4v) is 1.87. The summed E-state index contributed by atoms with van der Waals surface area (Å²) in [5.41, 5.74) is 1.96. The average molecular weight is 256 g/mol. The Hall–Kier alpha value is -1.19. The molecule has 84 valence electrons. The Kier molecular flexibility index (Phi) is 3.36. The van der Waals surface area contributed by atoms with Gasteiger partial charge in [0.1, 0.15) is 0 Å². The SMILES string of the molecule is Cn1nccc1CNc1ccc(Cl)cc1Cl. The molecule has 0 bridgehead atoms. The Morgan fingerprint density at radius 2 is 2.12 bits per heavy atom. The molecule has 3 nitrogen and oxygen atoms in total. The Bertz CT molecular complexity index is 494. The molecule has 1 aromatic carbocycles. The molecule has 1 aromatic heterocycles. The maximum atomic E-state index is 6.04. The topological polar surface area (TPSA) is 29.9 Å². The van der Waals surface area contributed by atoms with E-state index in [-0.39, 0.29) is 0 Å². The molecule has 5 heteroatoms. The highest BCUT2D eigenvalue weighted by Crippen LogP contribution is 2.25. The van der Waals surface area contributed by atoms with Crippen LogP contribution in [0.1, 0.15) is 5.69 Å². The first-order chi connectivity index (χ1) is 7.66. The van der Waals surface area contributed by atoms with Gasteiger partial charge in [-0.05, 0) is 24.3 Å². The molecule has 0 fully saturated rings. The minimum Gasteiger partial charge on any atom is -0.378 e. The lowest BCUT2D eigenvalue weighted by molar-refractivity contribution is 0.720. The van der Waals surface area contributed by atoms with Gasteiger partial charge in [0.2, 0.25) is 0 Å². The second kappa shape index (κ2) is 4.76. The summed E-state index contributed by atoms with van der Waals surface area (Å²) in [6.07, 6.45) is 1.76. The lowest BCUT2D eigenvalue weighted by Gasteiger charge is -2.08. The summed E-state index contributed by atoms with van der Waals surface area (Å²) in [5.74, 6) is 0. The quantitative estimate of drug-likeness (QED) is 0.912. The zero-order chi connectivity index (χ0) is 11.5. The van der Waals surface area contributed by atoms with Gasteiger partial charge < -0.3 is 5.32 Å². The number of aryl methyl sites for hydroxylation is 1.